The van der Waals surface area contributed by atoms with Crippen LogP contribution in [0.25, 0.3) is 22.5 Å². The second kappa shape index (κ2) is 8.53. The lowest BCUT2D eigenvalue weighted by atomic mass is 9.99. The summed E-state index contributed by atoms with van der Waals surface area (Å²) in [7, 11) is 0. The molecule has 0 aliphatic rings. The molecule has 2 heterocycles. The molecule has 0 fully saturated rings. The van der Waals surface area contributed by atoms with E-state index in [0.717, 1.165) is 16.8 Å². The number of aliphatic hydroxyl groups is 1. The molecule has 7 heteroatoms. The van der Waals surface area contributed by atoms with E-state index in [4.69, 9.17) is 0 Å². The first kappa shape index (κ1) is 20.7. The summed E-state index contributed by atoms with van der Waals surface area (Å²) >= 11 is 0. The minimum absolute atomic E-state index is 0.115. The Hall–Kier alpha value is -3.06. The molecule has 0 saturated carbocycles. The number of aromatic nitrogens is 3. The van der Waals surface area contributed by atoms with Gasteiger partial charge >= 0.3 is 0 Å². The normalized spacial score (nSPS) is 12.2. The topological polar surface area (TPSA) is 80.0 Å². The number of carbonyl (C=O) groups is 1. The molecule has 2 aromatic heterocycles. The van der Waals surface area contributed by atoms with Gasteiger partial charge in [0, 0.05) is 41.2 Å². The molecule has 152 valence electrons. The van der Waals surface area contributed by atoms with Gasteiger partial charge in [-0.15, -0.1) is 0 Å². The van der Waals surface area contributed by atoms with Crippen LogP contribution in [0.4, 0.5) is 4.39 Å². The number of nitrogens with zero attached hydrogens (tertiary/aromatic N) is 3. The number of hydrogen-bond donors (Lipinski definition) is 2. The minimum Gasteiger partial charge on any atom is -0.394 e. The fourth-order valence-corrected chi connectivity index (χ4v) is 3.10. The third kappa shape index (κ3) is 4.51. The molecule has 0 aliphatic carbocycles. The summed E-state index contributed by atoms with van der Waals surface area (Å²) in [5, 5.41) is 16.3. The van der Waals surface area contributed by atoms with Crippen molar-refractivity contribution in [3.05, 3.63) is 59.7 Å². The smallest absolute Gasteiger partial charge is 0.251 e. The van der Waals surface area contributed by atoms with Gasteiger partial charge in [0.2, 0.25) is 0 Å². The van der Waals surface area contributed by atoms with Gasteiger partial charge in [0.1, 0.15) is 11.5 Å². The van der Waals surface area contributed by atoms with Gasteiger partial charge in [-0.25, -0.2) is 4.39 Å². The van der Waals surface area contributed by atoms with Gasteiger partial charge in [0.15, 0.2) is 0 Å². The van der Waals surface area contributed by atoms with Crippen LogP contribution in [-0.4, -0.2) is 38.4 Å². The molecule has 3 aromatic rings. The molecule has 1 amide bonds. The standard InChI is InChI=1S/C22H25FN4O2/c1-13(2)27-20(5-6-25-27)16-8-17(21-19(23)7-14(3)11-24-21)10-18(9-16)22(29)26-15(4)12-28/h5-11,13,15,28H,12H2,1-4H3,(H,26,29)/t15-/m0/s1. The van der Waals surface area contributed by atoms with Crippen molar-refractivity contribution in [3.8, 4) is 22.5 Å². The Morgan fingerprint density at radius 2 is 1.93 bits per heavy atom. The number of nitrogens with one attached hydrogen (secondary N) is 1. The lowest BCUT2D eigenvalue weighted by Crippen LogP contribution is -2.35. The summed E-state index contributed by atoms with van der Waals surface area (Å²) < 4.78 is 16.4. The number of amides is 1. The Bertz CT molecular complexity index is 1030. The Kier molecular flexibility index (Phi) is 6.08. The van der Waals surface area contributed by atoms with Crippen LogP contribution in [0.3, 0.4) is 0 Å². The SMILES string of the molecule is Cc1cnc(-c2cc(C(=O)N[C@@H](C)CO)cc(-c3ccnn3C(C)C)c2)c(F)c1. The van der Waals surface area contributed by atoms with Crippen molar-refractivity contribution in [2.24, 2.45) is 0 Å². The Labute approximate surface area is 169 Å². The quantitative estimate of drug-likeness (QED) is 0.665. The highest BCUT2D eigenvalue weighted by Crippen LogP contribution is 2.30. The van der Waals surface area contributed by atoms with E-state index in [0.29, 0.717) is 11.1 Å². The molecule has 1 aromatic carbocycles. The van der Waals surface area contributed by atoms with Gasteiger partial charge in [-0.1, -0.05) is 0 Å². The Morgan fingerprint density at radius 3 is 2.59 bits per heavy atom. The van der Waals surface area contributed by atoms with Crippen molar-refractivity contribution in [1.82, 2.24) is 20.1 Å². The summed E-state index contributed by atoms with van der Waals surface area (Å²) in [5.41, 5.74) is 3.30. The third-order valence-corrected chi connectivity index (χ3v) is 4.55. The van der Waals surface area contributed by atoms with E-state index in [1.165, 1.54) is 6.07 Å². The molecule has 0 aliphatic heterocycles. The zero-order valence-corrected chi connectivity index (χ0v) is 17.0. The maximum absolute atomic E-state index is 14.6. The van der Waals surface area contributed by atoms with Crippen LogP contribution in [0.5, 0.6) is 0 Å². The summed E-state index contributed by atoms with van der Waals surface area (Å²) in [5.74, 6) is -0.799. The molecular formula is C22H25FN4O2. The highest BCUT2D eigenvalue weighted by molar-refractivity contribution is 5.97. The van der Waals surface area contributed by atoms with Gasteiger partial charge in [-0.3, -0.25) is 14.5 Å². The summed E-state index contributed by atoms with van der Waals surface area (Å²) in [4.78, 5) is 17.0. The van der Waals surface area contributed by atoms with Gasteiger partial charge in [-0.05, 0) is 63.6 Å². The Balaban J connectivity index is 2.16. The van der Waals surface area contributed by atoms with Crippen LogP contribution in [0.2, 0.25) is 0 Å². The summed E-state index contributed by atoms with van der Waals surface area (Å²) in [6.07, 6.45) is 3.29. The predicted octanol–water partition coefficient (Wildman–Crippen LogP) is 3.75. The average Bonchev–Trinajstić information content (AvgIpc) is 3.17. The number of carbonyl (C=O) groups excluding carboxylic acids is 1. The number of aliphatic hydroxyl groups excluding tert-OH is 1. The second-order valence-electron chi connectivity index (χ2n) is 7.45. The van der Waals surface area contributed by atoms with Crippen molar-refractivity contribution in [2.45, 2.75) is 39.8 Å². The van der Waals surface area contributed by atoms with Gasteiger partial charge in [0.05, 0.1) is 12.3 Å². The molecule has 0 radical (unpaired) electrons. The molecule has 3 rings (SSSR count). The van der Waals surface area contributed by atoms with Crippen molar-refractivity contribution >= 4 is 5.91 Å². The first-order valence-electron chi connectivity index (χ1n) is 9.53. The first-order chi connectivity index (χ1) is 13.8. The van der Waals surface area contributed by atoms with Crippen molar-refractivity contribution in [3.63, 3.8) is 0 Å². The number of hydrogen-bond acceptors (Lipinski definition) is 4. The minimum atomic E-state index is -0.449. The van der Waals surface area contributed by atoms with E-state index in [9.17, 15) is 14.3 Å². The zero-order valence-electron chi connectivity index (χ0n) is 17.0. The van der Waals surface area contributed by atoms with Crippen LogP contribution in [-0.2, 0) is 0 Å². The monoisotopic (exact) mass is 396 g/mol. The first-order valence-corrected chi connectivity index (χ1v) is 9.53. The fourth-order valence-electron chi connectivity index (χ4n) is 3.10. The maximum atomic E-state index is 14.6. The predicted molar refractivity (Wildman–Crippen MR) is 110 cm³/mol. The number of aryl methyl sites for hydroxylation is 1. The number of halogens is 1. The van der Waals surface area contributed by atoms with Gasteiger partial charge in [-0.2, -0.15) is 5.10 Å². The lowest BCUT2D eigenvalue weighted by Gasteiger charge is -2.15. The van der Waals surface area contributed by atoms with Crippen LogP contribution in [0, 0.1) is 12.7 Å². The molecular weight excluding hydrogens is 371 g/mol. The fraction of sp³-hybridized carbons (Fsp3) is 0.318. The highest BCUT2D eigenvalue weighted by Gasteiger charge is 2.17. The Morgan fingerprint density at radius 1 is 1.21 bits per heavy atom. The summed E-state index contributed by atoms with van der Waals surface area (Å²) in [6.45, 7) is 7.33. The largest absolute Gasteiger partial charge is 0.394 e. The molecule has 0 unspecified atom stereocenters. The lowest BCUT2D eigenvalue weighted by molar-refractivity contribution is 0.0922. The molecule has 29 heavy (non-hydrogen) atoms. The molecule has 0 spiro atoms. The van der Waals surface area contributed by atoms with E-state index in [2.05, 4.69) is 15.4 Å². The van der Waals surface area contributed by atoms with Gasteiger partial charge < -0.3 is 10.4 Å². The highest BCUT2D eigenvalue weighted by atomic mass is 19.1. The van der Waals surface area contributed by atoms with Gasteiger partial charge in [0.25, 0.3) is 5.91 Å². The van der Waals surface area contributed by atoms with Crippen LogP contribution in [0.15, 0.2) is 42.7 Å². The van der Waals surface area contributed by atoms with E-state index >= 15 is 0 Å². The second-order valence-corrected chi connectivity index (χ2v) is 7.45. The molecule has 0 saturated heterocycles. The van der Waals surface area contributed by atoms with Crippen LogP contribution in [0.1, 0.15) is 42.7 Å². The number of pyridine rings is 1. The van der Waals surface area contributed by atoms with E-state index in [-0.39, 0.29) is 24.2 Å². The summed E-state index contributed by atoms with van der Waals surface area (Å²) in [6, 6.07) is 8.15. The maximum Gasteiger partial charge on any atom is 0.251 e. The molecule has 0 bridgehead atoms. The van der Waals surface area contributed by atoms with E-state index < -0.39 is 11.9 Å². The van der Waals surface area contributed by atoms with Crippen LogP contribution >= 0.6 is 0 Å². The van der Waals surface area contributed by atoms with E-state index in [1.807, 2.05) is 30.7 Å². The molecule has 2 N–H and O–H groups in total. The van der Waals surface area contributed by atoms with E-state index in [1.54, 1.807) is 38.4 Å². The molecule has 1 atom stereocenters. The molecule has 6 nitrogen and oxygen atoms in total. The van der Waals surface area contributed by atoms with Crippen LogP contribution < -0.4 is 5.32 Å². The number of benzene rings is 1. The number of rotatable bonds is 6. The van der Waals surface area contributed by atoms with Crippen molar-refractivity contribution < 1.29 is 14.3 Å². The van der Waals surface area contributed by atoms with Crippen molar-refractivity contribution in [2.75, 3.05) is 6.61 Å². The zero-order chi connectivity index (χ0) is 21.1. The average molecular weight is 396 g/mol. The third-order valence-electron chi connectivity index (χ3n) is 4.55. The van der Waals surface area contributed by atoms with Crippen molar-refractivity contribution in [1.29, 1.82) is 0 Å².